The Morgan fingerprint density at radius 1 is 1.15 bits per heavy atom. The molecule has 3 aromatic rings. The molecule has 0 amide bonds. The van der Waals surface area contributed by atoms with Crippen molar-refractivity contribution in [1.82, 2.24) is 4.98 Å². The van der Waals surface area contributed by atoms with Crippen molar-refractivity contribution in [3.8, 4) is 0 Å². The summed E-state index contributed by atoms with van der Waals surface area (Å²) in [7, 11) is 1.86. The molecule has 5 heteroatoms. The molecule has 0 unspecified atom stereocenters. The molecule has 0 radical (unpaired) electrons. The van der Waals surface area contributed by atoms with Gasteiger partial charge in [-0.3, -0.25) is 4.98 Å². The number of pyridine rings is 1. The van der Waals surface area contributed by atoms with E-state index in [1.54, 1.807) is 17.4 Å². The first-order valence-corrected chi connectivity index (χ1v) is 7.01. The maximum absolute atomic E-state index is 14.0. The van der Waals surface area contributed by atoms with E-state index in [2.05, 4.69) is 4.98 Å². The molecule has 0 bridgehead atoms. The van der Waals surface area contributed by atoms with Gasteiger partial charge in [-0.05, 0) is 29.6 Å². The minimum atomic E-state index is -0.507. The van der Waals surface area contributed by atoms with Crippen LogP contribution in [0.3, 0.4) is 0 Å². The highest BCUT2D eigenvalue weighted by atomic mass is 32.1. The largest absolute Gasteiger partial charge is 0.369 e. The predicted octanol–water partition coefficient (Wildman–Crippen LogP) is 4.21. The van der Waals surface area contributed by atoms with Gasteiger partial charge >= 0.3 is 0 Å². The van der Waals surface area contributed by atoms with Crippen LogP contribution in [-0.4, -0.2) is 12.0 Å². The van der Waals surface area contributed by atoms with Gasteiger partial charge in [0.1, 0.15) is 17.2 Å². The number of rotatable bonds is 3. The first-order chi connectivity index (χ1) is 9.66. The standard InChI is InChI=1S/C15H12F2N2S/c1-19(9-10-3-2-8-20-10)13-6-7-18-15-12(17)5-4-11(16)14(13)15/h2-8H,9H2,1H3. The molecule has 0 aliphatic carbocycles. The Morgan fingerprint density at radius 2 is 1.95 bits per heavy atom. The van der Waals surface area contributed by atoms with E-state index in [9.17, 15) is 8.78 Å². The molecule has 0 spiro atoms. The van der Waals surface area contributed by atoms with Gasteiger partial charge in [0.15, 0.2) is 0 Å². The molecule has 20 heavy (non-hydrogen) atoms. The number of halogens is 2. The van der Waals surface area contributed by atoms with E-state index in [0.29, 0.717) is 12.2 Å². The fraction of sp³-hybridized carbons (Fsp3) is 0.133. The summed E-state index contributed by atoms with van der Waals surface area (Å²) < 4.78 is 27.8. The Kier molecular flexibility index (Phi) is 3.36. The van der Waals surface area contributed by atoms with Crippen LogP contribution in [0.5, 0.6) is 0 Å². The van der Waals surface area contributed by atoms with Crippen LogP contribution in [-0.2, 0) is 6.54 Å². The molecule has 2 nitrogen and oxygen atoms in total. The highest BCUT2D eigenvalue weighted by Gasteiger charge is 2.14. The van der Waals surface area contributed by atoms with Gasteiger partial charge < -0.3 is 4.90 Å². The molecule has 0 aliphatic heterocycles. The molecule has 2 heterocycles. The molecule has 0 saturated heterocycles. The normalized spacial score (nSPS) is 10.9. The van der Waals surface area contributed by atoms with E-state index >= 15 is 0 Å². The van der Waals surface area contributed by atoms with Crippen molar-refractivity contribution < 1.29 is 8.78 Å². The van der Waals surface area contributed by atoms with Gasteiger partial charge in [-0.2, -0.15) is 0 Å². The third-order valence-electron chi connectivity index (χ3n) is 3.15. The Bertz CT molecular complexity index is 741. The quantitative estimate of drug-likeness (QED) is 0.718. The molecule has 0 saturated carbocycles. The maximum atomic E-state index is 14.0. The van der Waals surface area contributed by atoms with Crippen LogP contribution >= 0.6 is 11.3 Å². The van der Waals surface area contributed by atoms with E-state index in [1.165, 1.54) is 6.20 Å². The second kappa shape index (κ2) is 5.17. The van der Waals surface area contributed by atoms with Crippen molar-refractivity contribution in [3.05, 3.63) is 58.4 Å². The van der Waals surface area contributed by atoms with Crippen molar-refractivity contribution in [1.29, 1.82) is 0 Å². The number of fused-ring (bicyclic) bond motifs is 1. The number of aromatic nitrogens is 1. The highest BCUT2D eigenvalue weighted by molar-refractivity contribution is 7.09. The molecule has 2 aromatic heterocycles. The smallest absolute Gasteiger partial charge is 0.149 e. The average molecular weight is 290 g/mol. The summed E-state index contributed by atoms with van der Waals surface area (Å²) >= 11 is 1.63. The number of hydrogen-bond donors (Lipinski definition) is 0. The van der Waals surface area contributed by atoms with Crippen LogP contribution in [0, 0.1) is 11.6 Å². The summed E-state index contributed by atoms with van der Waals surface area (Å²) in [6.07, 6.45) is 1.51. The molecule has 102 valence electrons. The Balaban J connectivity index is 2.09. The molecule has 0 fully saturated rings. The molecule has 0 atom stereocenters. The molecule has 3 rings (SSSR count). The number of nitrogens with zero attached hydrogens (tertiary/aromatic N) is 2. The summed E-state index contributed by atoms with van der Waals surface area (Å²) in [6, 6.07) is 7.94. The van der Waals surface area contributed by atoms with Crippen molar-refractivity contribution >= 4 is 27.9 Å². The zero-order valence-electron chi connectivity index (χ0n) is 10.8. The van der Waals surface area contributed by atoms with Crippen molar-refractivity contribution in [2.75, 3.05) is 11.9 Å². The Hall–Kier alpha value is -2.01. The predicted molar refractivity (Wildman–Crippen MR) is 78.1 cm³/mol. The average Bonchev–Trinajstić information content (AvgIpc) is 2.95. The van der Waals surface area contributed by atoms with Gasteiger partial charge in [-0.25, -0.2) is 8.78 Å². The second-order valence-electron chi connectivity index (χ2n) is 4.52. The van der Waals surface area contributed by atoms with E-state index in [1.807, 2.05) is 29.5 Å². The highest BCUT2D eigenvalue weighted by Crippen LogP contribution is 2.29. The third-order valence-corrected chi connectivity index (χ3v) is 4.02. The topological polar surface area (TPSA) is 16.1 Å². The van der Waals surface area contributed by atoms with Crippen LogP contribution in [0.4, 0.5) is 14.5 Å². The van der Waals surface area contributed by atoms with E-state index < -0.39 is 11.6 Å². The fourth-order valence-corrected chi connectivity index (χ4v) is 2.97. The van der Waals surface area contributed by atoms with Gasteiger partial charge in [0.25, 0.3) is 0 Å². The third kappa shape index (κ3) is 2.25. The lowest BCUT2D eigenvalue weighted by Gasteiger charge is -2.20. The molecule has 1 aromatic carbocycles. The molecule has 0 N–H and O–H groups in total. The number of benzene rings is 1. The summed E-state index contributed by atoms with van der Waals surface area (Å²) in [5.41, 5.74) is 0.709. The second-order valence-corrected chi connectivity index (χ2v) is 5.55. The van der Waals surface area contributed by atoms with Crippen molar-refractivity contribution in [2.24, 2.45) is 0 Å². The summed E-state index contributed by atoms with van der Waals surface area (Å²) in [5.74, 6) is -0.963. The van der Waals surface area contributed by atoms with Gasteiger partial charge in [0, 0.05) is 18.1 Å². The van der Waals surface area contributed by atoms with Crippen molar-refractivity contribution in [2.45, 2.75) is 6.54 Å². The Labute approximate surface area is 119 Å². The number of thiophene rings is 1. The van der Waals surface area contributed by atoms with Crippen LogP contribution in [0.2, 0.25) is 0 Å². The lowest BCUT2D eigenvalue weighted by molar-refractivity contribution is 0.615. The summed E-state index contributed by atoms with van der Waals surface area (Å²) in [4.78, 5) is 7.01. The lowest BCUT2D eigenvalue weighted by Crippen LogP contribution is -2.16. The van der Waals surface area contributed by atoms with Gasteiger partial charge in [-0.1, -0.05) is 6.07 Å². The fourth-order valence-electron chi connectivity index (χ4n) is 2.22. The SMILES string of the molecule is CN(Cc1cccs1)c1ccnc2c(F)ccc(F)c12. The van der Waals surface area contributed by atoms with E-state index in [0.717, 1.165) is 17.0 Å². The van der Waals surface area contributed by atoms with Gasteiger partial charge in [0.05, 0.1) is 17.6 Å². The van der Waals surface area contributed by atoms with Crippen LogP contribution < -0.4 is 4.90 Å². The van der Waals surface area contributed by atoms with Crippen LogP contribution in [0.25, 0.3) is 10.9 Å². The zero-order chi connectivity index (χ0) is 14.1. The first-order valence-electron chi connectivity index (χ1n) is 6.13. The van der Waals surface area contributed by atoms with Gasteiger partial charge in [0.2, 0.25) is 0 Å². The lowest BCUT2D eigenvalue weighted by atomic mass is 10.1. The first kappa shape index (κ1) is 13.0. The summed E-state index contributed by atoms with van der Waals surface area (Å²) in [6.45, 7) is 0.646. The minimum Gasteiger partial charge on any atom is -0.369 e. The number of hydrogen-bond acceptors (Lipinski definition) is 3. The zero-order valence-corrected chi connectivity index (χ0v) is 11.6. The van der Waals surface area contributed by atoms with Crippen LogP contribution in [0.15, 0.2) is 41.9 Å². The Morgan fingerprint density at radius 3 is 2.70 bits per heavy atom. The monoisotopic (exact) mass is 290 g/mol. The van der Waals surface area contributed by atoms with Gasteiger partial charge in [-0.15, -0.1) is 11.3 Å². The minimum absolute atomic E-state index is 0.0699. The molecular formula is C15H12F2N2S. The van der Waals surface area contributed by atoms with Crippen LogP contribution in [0.1, 0.15) is 4.88 Å². The maximum Gasteiger partial charge on any atom is 0.149 e. The summed E-state index contributed by atoms with van der Waals surface area (Å²) in [5, 5.41) is 2.22. The van der Waals surface area contributed by atoms with E-state index in [4.69, 9.17) is 0 Å². The van der Waals surface area contributed by atoms with Crippen molar-refractivity contribution in [3.63, 3.8) is 0 Å². The molecular weight excluding hydrogens is 278 g/mol. The molecule has 0 aliphatic rings. The number of anilines is 1. The van der Waals surface area contributed by atoms with E-state index in [-0.39, 0.29) is 10.9 Å².